The van der Waals surface area contributed by atoms with Gasteiger partial charge in [0.25, 0.3) is 0 Å². The number of fused-ring (bicyclic) bond motifs is 2. The van der Waals surface area contributed by atoms with Gasteiger partial charge < -0.3 is 15.3 Å². The molecule has 1 aliphatic carbocycles. The maximum Gasteiger partial charge on any atom is 0.194 e. The average molecular weight is 488 g/mol. The molecule has 9 heteroatoms. The minimum absolute atomic E-state index is 0.0787. The molecule has 8 nitrogen and oxygen atoms in total. The van der Waals surface area contributed by atoms with Gasteiger partial charge in [-0.3, -0.25) is 0 Å². The monoisotopic (exact) mass is 487 g/mol. The third-order valence-electron chi connectivity index (χ3n) is 7.71. The van der Waals surface area contributed by atoms with Gasteiger partial charge >= 0.3 is 0 Å². The van der Waals surface area contributed by atoms with E-state index >= 15 is 0 Å². The highest BCUT2D eigenvalue weighted by Gasteiger charge is 2.49. The molecule has 3 fully saturated rings. The van der Waals surface area contributed by atoms with Crippen LogP contribution in [0.5, 0.6) is 5.75 Å². The fourth-order valence-electron chi connectivity index (χ4n) is 6.21. The smallest absolute Gasteiger partial charge is 0.194 e. The van der Waals surface area contributed by atoms with E-state index in [-0.39, 0.29) is 16.8 Å². The quantitative estimate of drug-likeness (QED) is 0.534. The van der Waals surface area contributed by atoms with E-state index in [9.17, 15) is 5.11 Å². The van der Waals surface area contributed by atoms with Gasteiger partial charge in [-0.1, -0.05) is 6.07 Å². The Morgan fingerprint density at radius 1 is 1.09 bits per heavy atom. The number of hydrogen-bond donors (Lipinski definition) is 2. The van der Waals surface area contributed by atoms with Crippen molar-refractivity contribution in [3.8, 4) is 33.6 Å². The summed E-state index contributed by atoms with van der Waals surface area (Å²) in [5, 5.41) is 33.1. The van der Waals surface area contributed by atoms with Crippen molar-refractivity contribution < 1.29 is 5.11 Å². The molecule has 6 rings (SSSR count). The fourth-order valence-corrected chi connectivity index (χ4v) is 6.92. The van der Waals surface area contributed by atoms with Crippen LogP contribution in [-0.4, -0.2) is 48.4 Å². The van der Waals surface area contributed by atoms with Gasteiger partial charge in [0.1, 0.15) is 11.8 Å². The zero-order valence-electron chi connectivity index (χ0n) is 20.0. The third kappa shape index (κ3) is 4.26. The van der Waals surface area contributed by atoms with E-state index < -0.39 is 0 Å². The Morgan fingerprint density at radius 2 is 1.86 bits per heavy atom. The minimum atomic E-state index is 0.0787. The molecule has 0 radical (unpaired) electrons. The maximum absolute atomic E-state index is 10.7. The van der Waals surface area contributed by atoms with Crippen LogP contribution in [0.3, 0.4) is 0 Å². The second-order valence-corrected chi connectivity index (χ2v) is 11.8. The molecule has 2 saturated heterocycles. The van der Waals surface area contributed by atoms with Crippen LogP contribution >= 0.6 is 11.3 Å². The fraction of sp³-hybridized carbons (Fsp3) is 0.500. The number of rotatable bonds is 5. The van der Waals surface area contributed by atoms with Crippen molar-refractivity contribution in [3.05, 3.63) is 35.6 Å². The molecule has 4 heterocycles. The lowest BCUT2D eigenvalue weighted by molar-refractivity contribution is 0.0766. The van der Waals surface area contributed by atoms with Gasteiger partial charge in [-0.15, -0.1) is 21.5 Å². The van der Waals surface area contributed by atoms with Crippen molar-refractivity contribution in [2.45, 2.75) is 82.0 Å². The molecule has 180 valence electrons. The van der Waals surface area contributed by atoms with Crippen molar-refractivity contribution in [2.75, 3.05) is 4.90 Å². The largest absolute Gasteiger partial charge is 0.507 e. The van der Waals surface area contributed by atoms with Crippen molar-refractivity contribution in [3.63, 3.8) is 0 Å². The van der Waals surface area contributed by atoms with Gasteiger partial charge in [-0.05, 0) is 76.5 Å². The van der Waals surface area contributed by atoms with Crippen LogP contribution in [0.1, 0.15) is 63.8 Å². The van der Waals surface area contributed by atoms with Gasteiger partial charge in [0.15, 0.2) is 16.6 Å². The van der Waals surface area contributed by atoms with Crippen LogP contribution in [0.2, 0.25) is 0 Å². The summed E-state index contributed by atoms with van der Waals surface area (Å²) in [7, 11) is 0. The molecule has 1 aromatic carbocycles. The summed E-state index contributed by atoms with van der Waals surface area (Å²) in [4.78, 5) is 12.0. The molecule has 3 aliphatic rings. The molecule has 0 unspecified atom stereocenters. The predicted octanol–water partition coefficient (Wildman–Crippen LogP) is 4.66. The van der Waals surface area contributed by atoms with Crippen LogP contribution < -0.4 is 10.2 Å². The number of phenols is 1. The van der Waals surface area contributed by atoms with E-state index in [0.29, 0.717) is 28.5 Å². The lowest BCUT2D eigenvalue weighted by atomic mass is 9.69. The van der Waals surface area contributed by atoms with Crippen LogP contribution in [0.25, 0.3) is 21.8 Å². The summed E-state index contributed by atoms with van der Waals surface area (Å²) in [5.74, 6) is 1.31. The first-order valence-corrected chi connectivity index (χ1v) is 13.1. The molecule has 3 aromatic rings. The standard InChI is InChI=1S/C26H29N7OS/c1-25-8-3-9-26(2,32-25)12-18(11-25)33(17-5-6-17)22-15-29-24(31-30-22)19-7-4-16(10-20(19)34)21-14-28-23(13-27)35-21/h4,7,10,14-15,17-18,32,34H,3,5-6,8-9,11-12H2,1-2H3/t18-,25-,26+. The van der Waals surface area contributed by atoms with Crippen LogP contribution in [0.15, 0.2) is 30.6 Å². The lowest BCUT2D eigenvalue weighted by Crippen LogP contribution is -2.67. The van der Waals surface area contributed by atoms with Gasteiger partial charge in [0, 0.05) is 29.4 Å². The number of piperidine rings is 2. The molecule has 2 bridgehead atoms. The Morgan fingerprint density at radius 3 is 2.46 bits per heavy atom. The van der Waals surface area contributed by atoms with Crippen molar-refractivity contribution in [1.82, 2.24) is 25.5 Å². The Balaban J connectivity index is 1.26. The molecule has 3 atom stereocenters. The zero-order chi connectivity index (χ0) is 24.2. The Bertz CT molecular complexity index is 1280. The molecule has 2 aliphatic heterocycles. The van der Waals surface area contributed by atoms with E-state index in [0.717, 1.165) is 29.1 Å². The summed E-state index contributed by atoms with van der Waals surface area (Å²) < 4.78 is 0. The number of nitrogens with one attached hydrogen (secondary N) is 1. The van der Waals surface area contributed by atoms with Gasteiger partial charge in [0.2, 0.25) is 0 Å². The summed E-state index contributed by atoms with van der Waals surface area (Å²) in [6.45, 7) is 4.74. The SMILES string of the molecule is C[C@]12CCC[C@](C)(C[C@@H](N(c3cnc(-c4ccc(-c5cnc(C#N)s5)cc4O)nn3)C3CC3)C1)N2. The number of nitrogens with zero attached hydrogens (tertiary/aromatic N) is 6. The minimum Gasteiger partial charge on any atom is -0.507 e. The van der Waals surface area contributed by atoms with Gasteiger partial charge in [0.05, 0.1) is 16.6 Å². The van der Waals surface area contributed by atoms with E-state index in [1.54, 1.807) is 18.3 Å². The van der Waals surface area contributed by atoms with Crippen molar-refractivity contribution in [2.24, 2.45) is 0 Å². The summed E-state index contributed by atoms with van der Waals surface area (Å²) >= 11 is 1.29. The van der Waals surface area contributed by atoms with E-state index in [2.05, 4.69) is 44.2 Å². The number of nitriles is 1. The van der Waals surface area contributed by atoms with E-state index in [1.165, 1.54) is 43.4 Å². The van der Waals surface area contributed by atoms with E-state index in [1.807, 2.05) is 18.3 Å². The number of anilines is 1. The maximum atomic E-state index is 10.7. The lowest BCUT2D eigenvalue weighted by Gasteiger charge is -2.55. The molecule has 35 heavy (non-hydrogen) atoms. The van der Waals surface area contributed by atoms with Crippen LogP contribution in [0, 0.1) is 11.3 Å². The van der Waals surface area contributed by atoms with Crippen LogP contribution in [-0.2, 0) is 0 Å². The predicted molar refractivity (Wildman–Crippen MR) is 135 cm³/mol. The molecular formula is C26H29N7OS. The number of phenolic OH excluding ortho intramolecular Hbond substituents is 1. The molecule has 2 N–H and O–H groups in total. The number of hydrogen-bond acceptors (Lipinski definition) is 9. The first-order chi connectivity index (χ1) is 16.8. The highest BCUT2D eigenvalue weighted by Crippen LogP contribution is 2.45. The Kier molecular flexibility index (Phi) is 5.27. The number of benzene rings is 1. The second-order valence-electron chi connectivity index (χ2n) is 10.8. The molecule has 0 spiro atoms. The molecule has 1 saturated carbocycles. The number of aromatic hydroxyl groups is 1. The van der Waals surface area contributed by atoms with Gasteiger partial charge in [-0.25, -0.2) is 9.97 Å². The van der Waals surface area contributed by atoms with E-state index in [4.69, 9.17) is 5.26 Å². The highest BCUT2D eigenvalue weighted by molar-refractivity contribution is 7.15. The number of aromatic nitrogens is 4. The normalized spacial score (nSPS) is 27.9. The molecule has 2 aromatic heterocycles. The molecular weight excluding hydrogens is 458 g/mol. The molecule has 0 amide bonds. The summed E-state index contributed by atoms with van der Waals surface area (Å²) in [5.41, 5.74) is 1.67. The highest BCUT2D eigenvalue weighted by atomic mass is 32.1. The third-order valence-corrected chi connectivity index (χ3v) is 8.66. The average Bonchev–Trinajstić information content (AvgIpc) is 3.53. The van der Waals surface area contributed by atoms with Crippen molar-refractivity contribution in [1.29, 1.82) is 5.26 Å². The second kappa shape index (κ2) is 8.25. The summed E-state index contributed by atoms with van der Waals surface area (Å²) in [6, 6.07) is 8.31. The topological polar surface area (TPSA) is 111 Å². The van der Waals surface area contributed by atoms with Crippen LogP contribution in [0.4, 0.5) is 5.82 Å². The first-order valence-electron chi connectivity index (χ1n) is 12.3. The van der Waals surface area contributed by atoms with Crippen molar-refractivity contribution >= 4 is 17.2 Å². The summed E-state index contributed by atoms with van der Waals surface area (Å²) in [6.07, 6.45) is 11.8. The Hall–Kier alpha value is -3.09. The first kappa shape index (κ1) is 22.4. The Labute approximate surface area is 209 Å². The zero-order valence-corrected chi connectivity index (χ0v) is 20.8. The number of thiazole rings is 1. The van der Waals surface area contributed by atoms with Gasteiger partial charge in [-0.2, -0.15) is 5.26 Å².